The molecule has 0 saturated carbocycles. The molecule has 8 heteroatoms. The first kappa shape index (κ1) is 15.2. The molecule has 1 saturated heterocycles. The Labute approximate surface area is 137 Å². The Bertz CT molecular complexity index is 862. The fourth-order valence-corrected chi connectivity index (χ4v) is 3.10. The smallest absolute Gasteiger partial charge is 0.244 e. The minimum Gasteiger partial charge on any atom is -0.439 e. The molecule has 7 nitrogen and oxygen atoms in total. The van der Waals surface area contributed by atoms with Crippen LogP contribution in [0.25, 0.3) is 11.1 Å². The van der Waals surface area contributed by atoms with Crippen molar-refractivity contribution in [3.05, 3.63) is 41.6 Å². The maximum Gasteiger partial charge on any atom is 0.244 e. The summed E-state index contributed by atoms with van der Waals surface area (Å²) in [4.78, 5) is 10.8. The summed E-state index contributed by atoms with van der Waals surface area (Å²) in [7, 11) is 1.69. The molecular formula is C16H17FN4O3. The van der Waals surface area contributed by atoms with Crippen LogP contribution < -0.4 is 0 Å². The van der Waals surface area contributed by atoms with E-state index in [9.17, 15) is 4.39 Å². The minimum atomic E-state index is -0.331. The van der Waals surface area contributed by atoms with Crippen LogP contribution in [0.5, 0.6) is 0 Å². The van der Waals surface area contributed by atoms with Crippen molar-refractivity contribution < 1.29 is 18.1 Å². The summed E-state index contributed by atoms with van der Waals surface area (Å²) in [5.41, 5.74) is 1.08. The molecule has 0 amide bonds. The van der Waals surface area contributed by atoms with Gasteiger partial charge < -0.3 is 13.7 Å². The number of nitrogens with zero attached hydrogens (tertiary/aromatic N) is 4. The number of hydrogen-bond acceptors (Lipinski definition) is 7. The SMILES string of the molecule is CO[C@H]1C[C@H](c2nc(C)no2)N(Cc2nc3cc(F)ccc3o2)C1. The van der Waals surface area contributed by atoms with Gasteiger partial charge in [-0.3, -0.25) is 4.90 Å². The highest BCUT2D eigenvalue weighted by Gasteiger charge is 2.37. The number of rotatable bonds is 4. The lowest BCUT2D eigenvalue weighted by Gasteiger charge is -2.19. The lowest BCUT2D eigenvalue weighted by atomic mass is 10.2. The summed E-state index contributed by atoms with van der Waals surface area (Å²) in [5, 5.41) is 3.86. The third-order valence-electron chi connectivity index (χ3n) is 4.26. The van der Waals surface area contributed by atoms with Gasteiger partial charge in [0, 0.05) is 19.7 Å². The zero-order valence-corrected chi connectivity index (χ0v) is 13.4. The molecule has 3 aromatic rings. The van der Waals surface area contributed by atoms with Crippen LogP contribution in [0.2, 0.25) is 0 Å². The van der Waals surface area contributed by atoms with Crippen LogP contribution in [0.1, 0.15) is 30.1 Å². The molecular weight excluding hydrogens is 315 g/mol. The molecule has 0 spiro atoms. The lowest BCUT2D eigenvalue weighted by Crippen LogP contribution is -2.25. The molecule has 1 fully saturated rings. The number of likely N-dealkylation sites (tertiary alicyclic amines) is 1. The molecule has 0 N–H and O–H groups in total. The predicted octanol–water partition coefficient (Wildman–Crippen LogP) is 2.62. The van der Waals surface area contributed by atoms with Gasteiger partial charge in [0.05, 0.1) is 18.7 Å². The Morgan fingerprint density at radius 3 is 3.00 bits per heavy atom. The zero-order chi connectivity index (χ0) is 16.7. The zero-order valence-electron chi connectivity index (χ0n) is 13.4. The van der Waals surface area contributed by atoms with Gasteiger partial charge in [-0.1, -0.05) is 5.16 Å². The molecule has 0 radical (unpaired) electrons. The molecule has 2 aromatic heterocycles. The molecule has 2 atom stereocenters. The minimum absolute atomic E-state index is 0.0529. The van der Waals surface area contributed by atoms with E-state index in [1.165, 1.54) is 12.1 Å². The van der Waals surface area contributed by atoms with Gasteiger partial charge in [-0.2, -0.15) is 4.98 Å². The first-order valence-corrected chi connectivity index (χ1v) is 7.74. The summed E-state index contributed by atoms with van der Waals surface area (Å²) in [6, 6.07) is 4.26. The quantitative estimate of drug-likeness (QED) is 0.727. The molecule has 1 aliphatic rings. The predicted molar refractivity (Wildman–Crippen MR) is 81.6 cm³/mol. The Hall–Kier alpha value is -2.32. The van der Waals surface area contributed by atoms with Gasteiger partial charge in [0.2, 0.25) is 11.8 Å². The van der Waals surface area contributed by atoms with Crippen LogP contribution in [0.15, 0.2) is 27.1 Å². The van der Waals surface area contributed by atoms with Gasteiger partial charge in [-0.05, 0) is 25.5 Å². The largest absolute Gasteiger partial charge is 0.439 e. The molecule has 1 aromatic carbocycles. The fourth-order valence-electron chi connectivity index (χ4n) is 3.10. The average Bonchev–Trinajstić information content (AvgIpc) is 3.25. The van der Waals surface area contributed by atoms with Crippen molar-refractivity contribution in [2.45, 2.75) is 32.0 Å². The molecule has 4 rings (SSSR count). The van der Waals surface area contributed by atoms with Crippen LogP contribution in [-0.4, -0.2) is 39.8 Å². The van der Waals surface area contributed by atoms with E-state index in [-0.39, 0.29) is 18.0 Å². The number of fused-ring (bicyclic) bond motifs is 1. The third kappa shape index (κ3) is 2.78. The van der Waals surface area contributed by atoms with Crippen molar-refractivity contribution in [2.75, 3.05) is 13.7 Å². The van der Waals surface area contributed by atoms with Gasteiger partial charge in [-0.25, -0.2) is 9.37 Å². The number of halogens is 1. The molecule has 24 heavy (non-hydrogen) atoms. The first-order chi connectivity index (χ1) is 11.6. The Morgan fingerprint density at radius 1 is 1.38 bits per heavy atom. The molecule has 0 aliphatic carbocycles. The van der Waals surface area contributed by atoms with Crippen LogP contribution in [0.3, 0.4) is 0 Å². The number of benzene rings is 1. The Balaban J connectivity index is 1.60. The normalized spacial score (nSPS) is 21.8. The van der Waals surface area contributed by atoms with E-state index >= 15 is 0 Å². The molecule has 0 bridgehead atoms. The number of hydrogen-bond donors (Lipinski definition) is 0. The van der Waals surface area contributed by atoms with Crippen molar-refractivity contribution in [2.24, 2.45) is 0 Å². The first-order valence-electron chi connectivity index (χ1n) is 7.74. The van der Waals surface area contributed by atoms with Gasteiger partial charge in [0.25, 0.3) is 0 Å². The number of aromatic nitrogens is 3. The second kappa shape index (κ2) is 5.95. The summed E-state index contributed by atoms with van der Waals surface area (Å²) in [6.07, 6.45) is 0.830. The van der Waals surface area contributed by atoms with Crippen molar-refractivity contribution in [3.8, 4) is 0 Å². The van der Waals surface area contributed by atoms with Crippen molar-refractivity contribution in [3.63, 3.8) is 0 Å². The van der Waals surface area contributed by atoms with Gasteiger partial charge in [0.15, 0.2) is 11.4 Å². The fraction of sp³-hybridized carbons (Fsp3) is 0.438. The summed E-state index contributed by atoms with van der Waals surface area (Å²) >= 11 is 0. The van der Waals surface area contributed by atoms with E-state index in [0.29, 0.717) is 41.8 Å². The summed E-state index contributed by atoms with van der Waals surface area (Å²) in [6.45, 7) is 2.95. The van der Waals surface area contributed by atoms with Crippen molar-refractivity contribution >= 4 is 11.1 Å². The van der Waals surface area contributed by atoms with Gasteiger partial charge >= 0.3 is 0 Å². The van der Waals surface area contributed by atoms with Crippen molar-refractivity contribution in [1.82, 2.24) is 20.0 Å². The maximum absolute atomic E-state index is 13.3. The standard InChI is InChI=1S/C16H17FN4O3/c1-9-18-16(24-20-9)13-6-11(22-2)7-21(13)8-15-19-12-5-10(17)3-4-14(12)23-15/h3-5,11,13H,6-8H2,1-2H3/t11-,13+/m0/s1. The van der Waals surface area contributed by atoms with Gasteiger partial charge in [0.1, 0.15) is 11.3 Å². The number of methoxy groups -OCH3 is 1. The number of aryl methyl sites for hydroxylation is 1. The second-order valence-electron chi connectivity index (χ2n) is 5.94. The number of oxazole rings is 1. The van der Waals surface area contributed by atoms with E-state index in [1.807, 2.05) is 0 Å². The maximum atomic E-state index is 13.3. The van der Waals surface area contributed by atoms with E-state index in [1.54, 1.807) is 20.1 Å². The topological polar surface area (TPSA) is 77.4 Å². The monoisotopic (exact) mass is 332 g/mol. The molecule has 1 aliphatic heterocycles. The van der Waals surface area contributed by atoms with Crippen LogP contribution in [0.4, 0.5) is 4.39 Å². The Kier molecular flexibility index (Phi) is 3.78. The van der Waals surface area contributed by atoms with Crippen LogP contribution in [-0.2, 0) is 11.3 Å². The highest BCUT2D eigenvalue weighted by atomic mass is 19.1. The van der Waals surface area contributed by atoms with E-state index in [2.05, 4.69) is 20.0 Å². The Morgan fingerprint density at radius 2 is 2.25 bits per heavy atom. The van der Waals surface area contributed by atoms with Crippen LogP contribution in [0, 0.1) is 12.7 Å². The van der Waals surface area contributed by atoms with E-state index in [0.717, 1.165) is 6.42 Å². The van der Waals surface area contributed by atoms with E-state index in [4.69, 9.17) is 13.7 Å². The van der Waals surface area contributed by atoms with E-state index < -0.39 is 0 Å². The average molecular weight is 332 g/mol. The lowest BCUT2D eigenvalue weighted by molar-refractivity contribution is 0.106. The number of ether oxygens (including phenoxy) is 1. The van der Waals surface area contributed by atoms with Gasteiger partial charge in [-0.15, -0.1) is 0 Å². The summed E-state index contributed by atoms with van der Waals surface area (Å²) in [5.74, 6) is 1.35. The third-order valence-corrected chi connectivity index (χ3v) is 4.26. The molecule has 126 valence electrons. The highest BCUT2D eigenvalue weighted by Crippen LogP contribution is 2.34. The van der Waals surface area contributed by atoms with Crippen molar-refractivity contribution in [1.29, 1.82) is 0 Å². The highest BCUT2D eigenvalue weighted by molar-refractivity contribution is 5.72. The molecule has 0 unspecified atom stereocenters. The second-order valence-corrected chi connectivity index (χ2v) is 5.94. The van der Waals surface area contributed by atoms with Crippen LogP contribution >= 0.6 is 0 Å². The summed E-state index contributed by atoms with van der Waals surface area (Å²) < 4.78 is 29.8. The molecule has 3 heterocycles.